The molecule has 0 aliphatic rings. The molecule has 0 aliphatic heterocycles. The number of carbonyl (C=O) groups excluding carboxylic acids is 1. The molecule has 0 spiro atoms. The van der Waals surface area contributed by atoms with Gasteiger partial charge in [0.1, 0.15) is 11.7 Å². The van der Waals surface area contributed by atoms with Gasteiger partial charge in [0.2, 0.25) is 0 Å². The van der Waals surface area contributed by atoms with Crippen molar-refractivity contribution in [3.63, 3.8) is 0 Å². The smallest absolute Gasteiger partial charge is 0.413 e. The molecule has 7 heteroatoms. The van der Waals surface area contributed by atoms with Crippen LogP contribution in [-0.4, -0.2) is 26.8 Å². The first-order valence-electron chi connectivity index (χ1n) is 7.80. The van der Waals surface area contributed by atoms with E-state index in [4.69, 9.17) is 4.74 Å². The number of fused-ring (bicyclic) bond motifs is 1. The van der Waals surface area contributed by atoms with Crippen molar-refractivity contribution < 1.29 is 14.6 Å². The molecule has 6 nitrogen and oxygen atoms in total. The number of benzene rings is 1. The number of nitrogens with one attached hydrogen (secondary N) is 1. The van der Waals surface area contributed by atoms with Gasteiger partial charge in [-0.25, -0.2) is 9.78 Å². The van der Waals surface area contributed by atoms with Crippen molar-refractivity contribution in [2.45, 2.75) is 32.5 Å². The number of hydrogen-bond donors (Lipinski definition) is 2. The van der Waals surface area contributed by atoms with Crippen LogP contribution in [0.4, 0.5) is 9.93 Å². The highest BCUT2D eigenvalue weighted by atomic mass is 32.1. The zero-order valence-electron chi connectivity index (χ0n) is 14.2. The molecule has 0 aliphatic carbocycles. The van der Waals surface area contributed by atoms with E-state index in [2.05, 4.69) is 15.3 Å². The first kappa shape index (κ1) is 17.3. The molecule has 3 rings (SSSR count). The molecule has 0 radical (unpaired) electrons. The van der Waals surface area contributed by atoms with Crippen molar-refractivity contribution in [3.8, 4) is 0 Å². The number of thiazole rings is 1. The van der Waals surface area contributed by atoms with Gasteiger partial charge < -0.3 is 9.84 Å². The Morgan fingerprint density at radius 1 is 1.28 bits per heavy atom. The van der Waals surface area contributed by atoms with Crippen LogP contribution < -0.4 is 5.32 Å². The maximum atomic E-state index is 11.8. The highest BCUT2D eigenvalue weighted by Crippen LogP contribution is 2.29. The molecular weight excluding hydrogens is 338 g/mol. The van der Waals surface area contributed by atoms with Crippen LogP contribution in [0.5, 0.6) is 0 Å². The molecule has 2 N–H and O–H groups in total. The molecule has 1 unspecified atom stereocenters. The summed E-state index contributed by atoms with van der Waals surface area (Å²) in [6.45, 7) is 5.37. The van der Waals surface area contributed by atoms with Crippen LogP contribution in [0.3, 0.4) is 0 Å². The predicted molar refractivity (Wildman–Crippen MR) is 97.8 cm³/mol. The fraction of sp³-hybridized carbons (Fsp3) is 0.278. The molecule has 2 aromatic heterocycles. The molecule has 130 valence electrons. The number of carbonyl (C=O) groups is 1. The average molecular weight is 357 g/mol. The predicted octanol–water partition coefficient (Wildman–Crippen LogP) is 4.12. The highest BCUT2D eigenvalue weighted by Gasteiger charge is 2.20. The molecule has 0 saturated carbocycles. The Hall–Kier alpha value is -2.51. The first-order chi connectivity index (χ1) is 11.8. The van der Waals surface area contributed by atoms with Gasteiger partial charge in [0, 0.05) is 22.5 Å². The van der Waals surface area contributed by atoms with Crippen LogP contribution in [0, 0.1) is 0 Å². The van der Waals surface area contributed by atoms with E-state index in [1.54, 1.807) is 32.3 Å². The minimum atomic E-state index is -0.927. The fourth-order valence-electron chi connectivity index (χ4n) is 2.37. The topological polar surface area (TPSA) is 84.3 Å². The molecule has 3 aromatic rings. The van der Waals surface area contributed by atoms with E-state index < -0.39 is 17.8 Å². The van der Waals surface area contributed by atoms with Crippen LogP contribution in [0.1, 0.15) is 38.1 Å². The molecule has 0 fully saturated rings. The molecule has 25 heavy (non-hydrogen) atoms. The molecule has 1 amide bonds. The van der Waals surface area contributed by atoms with E-state index in [1.807, 2.05) is 30.3 Å². The van der Waals surface area contributed by atoms with Gasteiger partial charge in [0.25, 0.3) is 0 Å². The number of rotatable bonds is 3. The van der Waals surface area contributed by atoms with Gasteiger partial charge in [-0.15, -0.1) is 11.3 Å². The SMILES string of the molecule is CC(C)(C)OC(=O)Nc1nc(C(O)c2cccc3cccnc23)cs1. The van der Waals surface area contributed by atoms with Crippen LogP contribution in [0.15, 0.2) is 41.9 Å². The first-order valence-corrected chi connectivity index (χ1v) is 8.68. The Bertz CT molecular complexity index is 896. The number of hydrogen-bond acceptors (Lipinski definition) is 6. The van der Waals surface area contributed by atoms with Crippen molar-refractivity contribution >= 4 is 33.5 Å². The number of aromatic nitrogens is 2. The number of pyridine rings is 1. The fourth-order valence-corrected chi connectivity index (χ4v) is 3.08. The highest BCUT2D eigenvalue weighted by molar-refractivity contribution is 7.13. The second kappa shape index (κ2) is 6.78. The second-order valence-electron chi connectivity index (χ2n) is 6.53. The number of ether oxygens (including phenoxy) is 1. The van der Waals surface area contributed by atoms with Crippen molar-refractivity contribution in [1.82, 2.24) is 9.97 Å². The molecule has 1 atom stereocenters. The van der Waals surface area contributed by atoms with Crippen LogP contribution in [0.25, 0.3) is 10.9 Å². The van der Waals surface area contributed by atoms with Gasteiger partial charge in [-0.1, -0.05) is 24.3 Å². The lowest BCUT2D eigenvalue weighted by Crippen LogP contribution is -2.27. The third kappa shape index (κ3) is 4.12. The molecule has 0 saturated heterocycles. The van der Waals surface area contributed by atoms with Gasteiger partial charge in [0.05, 0.1) is 11.2 Å². The summed E-state index contributed by atoms with van der Waals surface area (Å²) in [4.78, 5) is 20.5. The second-order valence-corrected chi connectivity index (χ2v) is 7.39. The van der Waals surface area contributed by atoms with Gasteiger partial charge in [0.15, 0.2) is 5.13 Å². The molecule has 0 bridgehead atoms. The summed E-state index contributed by atoms with van der Waals surface area (Å²) in [7, 11) is 0. The van der Waals surface area contributed by atoms with E-state index in [-0.39, 0.29) is 0 Å². The van der Waals surface area contributed by atoms with E-state index in [9.17, 15) is 9.90 Å². The zero-order chi connectivity index (χ0) is 18.0. The lowest BCUT2D eigenvalue weighted by molar-refractivity contribution is 0.0636. The summed E-state index contributed by atoms with van der Waals surface area (Å²) in [6, 6.07) is 9.42. The number of anilines is 1. The summed E-state index contributed by atoms with van der Waals surface area (Å²) in [6.07, 6.45) is 0.188. The van der Waals surface area contributed by atoms with Crippen molar-refractivity contribution in [2.75, 3.05) is 5.32 Å². The average Bonchev–Trinajstić information content (AvgIpc) is 3.00. The van der Waals surface area contributed by atoms with Gasteiger partial charge in [-0.2, -0.15) is 0 Å². The quantitative estimate of drug-likeness (QED) is 0.736. The Balaban J connectivity index is 1.81. The van der Waals surface area contributed by atoms with E-state index in [0.29, 0.717) is 16.4 Å². The Morgan fingerprint density at radius 3 is 2.80 bits per heavy atom. The number of nitrogens with zero attached hydrogens (tertiary/aromatic N) is 2. The lowest BCUT2D eigenvalue weighted by Gasteiger charge is -2.18. The number of aliphatic hydroxyl groups is 1. The Kier molecular flexibility index (Phi) is 4.69. The number of amides is 1. The third-order valence-corrected chi connectivity index (χ3v) is 4.14. The summed E-state index contributed by atoms with van der Waals surface area (Å²) in [5, 5.41) is 16.3. The van der Waals surface area contributed by atoms with Gasteiger partial charge >= 0.3 is 6.09 Å². The summed E-state index contributed by atoms with van der Waals surface area (Å²) < 4.78 is 5.20. The van der Waals surface area contributed by atoms with E-state index in [0.717, 1.165) is 10.9 Å². The maximum Gasteiger partial charge on any atom is 0.413 e. The number of para-hydroxylation sites is 1. The minimum absolute atomic E-state index is 0.372. The van der Waals surface area contributed by atoms with E-state index in [1.165, 1.54) is 11.3 Å². The van der Waals surface area contributed by atoms with Gasteiger partial charge in [-0.3, -0.25) is 10.3 Å². The van der Waals surface area contributed by atoms with E-state index >= 15 is 0 Å². The largest absolute Gasteiger partial charge is 0.444 e. The van der Waals surface area contributed by atoms with Crippen LogP contribution in [0.2, 0.25) is 0 Å². The normalized spacial score (nSPS) is 12.8. The summed E-state index contributed by atoms with van der Waals surface area (Å²) in [5.41, 5.74) is 1.27. The minimum Gasteiger partial charge on any atom is -0.444 e. The third-order valence-electron chi connectivity index (χ3n) is 3.37. The molecule has 1 aromatic carbocycles. The van der Waals surface area contributed by atoms with Crippen molar-refractivity contribution in [1.29, 1.82) is 0 Å². The lowest BCUT2D eigenvalue weighted by atomic mass is 10.0. The summed E-state index contributed by atoms with van der Waals surface area (Å²) in [5.74, 6) is 0. The molecular formula is C18H19N3O3S. The van der Waals surface area contributed by atoms with Crippen molar-refractivity contribution in [2.24, 2.45) is 0 Å². The number of aliphatic hydroxyl groups excluding tert-OH is 1. The Morgan fingerprint density at radius 2 is 2.04 bits per heavy atom. The maximum absolute atomic E-state index is 11.8. The monoisotopic (exact) mass is 357 g/mol. The van der Waals surface area contributed by atoms with Gasteiger partial charge in [-0.05, 0) is 26.8 Å². The van der Waals surface area contributed by atoms with Crippen LogP contribution >= 0.6 is 11.3 Å². The summed E-state index contributed by atoms with van der Waals surface area (Å²) >= 11 is 1.23. The Labute approximate surface area is 149 Å². The molecule has 2 heterocycles. The van der Waals surface area contributed by atoms with Crippen LogP contribution in [-0.2, 0) is 4.74 Å². The van der Waals surface area contributed by atoms with Crippen molar-refractivity contribution in [3.05, 3.63) is 53.2 Å². The zero-order valence-corrected chi connectivity index (χ0v) is 15.0. The standard InChI is InChI=1S/C18H19N3O3S/c1-18(2,3)24-17(23)21-16-20-13(10-25-16)15(22)12-8-4-6-11-7-5-9-19-14(11)12/h4-10,15,22H,1-3H3,(H,20,21,23).